The van der Waals surface area contributed by atoms with Crippen LogP contribution in [-0.4, -0.2) is 67.3 Å². The van der Waals surface area contributed by atoms with Crippen LogP contribution in [0.2, 0.25) is 5.02 Å². The number of carbonyl (C=O) groups excluding carboxylic acids is 2. The Hall–Kier alpha value is -2.19. The minimum Gasteiger partial charge on any atom is -0.337 e. The van der Waals surface area contributed by atoms with Crippen molar-refractivity contribution in [2.24, 2.45) is 7.05 Å². The van der Waals surface area contributed by atoms with Crippen molar-refractivity contribution < 1.29 is 9.59 Å². The predicted octanol–water partition coefficient (Wildman–Crippen LogP) is 1.50. The molecule has 8 nitrogen and oxygen atoms in total. The Morgan fingerprint density at radius 2 is 2.04 bits per heavy atom. The lowest BCUT2D eigenvalue weighted by Crippen LogP contribution is -2.52. The number of aromatic nitrogens is 4. The van der Waals surface area contributed by atoms with E-state index in [1.54, 1.807) is 29.0 Å². The van der Waals surface area contributed by atoms with Crippen LogP contribution in [0.3, 0.4) is 0 Å². The van der Waals surface area contributed by atoms with Crippen molar-refractivity contribution in [1.82, 2.24) is 30.0 Å². The van der Waals surface area contributed by atoms with Gasteiger partial charge < -0.3 is 9.80 Å². The third-order valence-electron chi connectivity index (χ3n) is 4.32. The number of carbonyl (C=O) groups is 2. The number of tetrazole rings is 1. The molecule has 0 saturated carbocycles. The maximum atomic E-state index is 12.1. The van der Waals surface area contributed by atoms with Crippen molar-refractivity contribution in [3.05, 3.63) is 28.8 Å². The van der Waals surface area contributed by atoms with Gasteiger partial charge in [-0.15, -0.1) is 21.8 Å². The molecule has 1 aromatic carbocycles. The van der Waals surface area contributed by atoms with Crippen molar-refractivity contribution in [2.45, 2.75) is 13.0 Å². The van der Waals surface area contributed by atoms with Crippen LogP contribution >= 0.6 is 23.2 Å². The third kappa shape index (κ3) is 3.81. The molecular formula is C16H18Cl2N6O2. The number of nitrogens with zero attached hydrogens (tertiary/aromatic N) is 6. The normalized spacial score (nSPS) is 17.5. The van der Waals surface area contributed by atoms with Gasteiger partial charge in [0.15, 0.2) is 0 Å². The first-order valence-corrected chi connectivity index (χ1v) is 8.96. The molecule has 138 valence electrons. The Morgan fingerprint density at radius 1 is 1.27 bits per heavy atom. The van der Waals surface area contributed by atoms with Crippen molar-refractivity contribution >= 4 is 35.0 Å². The van der Waals surface area contributed by atoms with Crippen LogP contribution in [0.5, 0.6) is 0 Å². The number of alkyl halides is 1. The zero-order valence-electron chi connectivity index (χ0n) is 14.4. The van der Waals surface area contributed by atoms with Crippen LogP contribution in [0, 0.1) is 0 Å². The Kier molecular flexibility index (Phi) is 5.43. The maximum Gasteiger partial charge on any atom is 0.237 e. The molecule has 2 aromatic rings. The Bertz CT molecular complexity index is 840. The molecule has 0 N–H and O–H groups in total. The molecule has 1 atom stereocenters. The zero-order chi connectivity index (χ0) is 18.8. The van der Waals surface area contributed by atoms with E-state index in [9.17, 15) is 9.59 Å². The van der Waals surface area contributed by atoms with Gasteiger partial charge in [-0.1, -0.05) is 11.6 Å². The van der Waals surface area contributed by atoms with Gasteiger partial charge in [0.25, 0.3) is 0 Å². The highest BCUT2D eigenvalue weighted by molar-refractivity contribution is 6.31. The summed E-state index contributed by atoms with van der Waals surface area (Å²) in [6, 6.07) is 5.09. The first-order chi connectivity index (χ1) is 12.4. The zero-order valence-corrected chi connectivity index (χ0v) is 15.9. The van der Waals surface area contributed by atoms with Gasteiger partial charge in [-0.05, 0) is 29.0 Å². The molecule has 0 spiro atoms. The van der Waals surface area contributed by atoms with E-state index in [0.29, 0.717) is 36.0 Å². The molecule has 2 amide bonds. The molecule has 10 heteroatoms. The summed E-state index contributed by atoms with van der Waals surface area (Å²) < 4.78 is 0. The minimum absolute atomic E-state index is 0.0628. The summed E-state index contributed by atoms with van der Waals surface area (Å²) in [5, 5.41) is 12.5. The van der Waals surface area contributed by atoms with Gasteiger partial charge in [0.05, 0.1) is 13.1 Å². The van der Waals surface area contributed by atoms with Crippen molar-refractivity contribution in [2.75, 3.05) is 25.5 Å². The number of benzene rings is 1. The predicted molar refractivity (Wildman–Crippen MR) is 96.7 cm³/mol. The first kappa shape index (κ1) is 18.6. The highest BCUT2D eigenvalue weighted by Gasteiger charge is 2.32. The fraction of sp³-hybridized carbons (Fsp3) is 0.438. The van der Waals surface area contributed by atoms with Crippen LogP contribution in [0.4, 0.5) is 0 Å². The minimum atomic E-state index is -0.317. The second-order valence-corrected chi connectivity index (χ2v) is 6.78. The molecule has 26 heavy (non-hydrogen) atoms. The fourth-order valence-corrected chi connectivity index (χ4v) is 3.50. The average Bonchev–Trinajstić information content (AvgIpc) is 3.06. The van der Waals surface area contributed by atoms with E-state index in [4.69, 9.17) is 23.2 Å². The average molecular weight is 397 g/mol. The van der Waals surface area contributed by atoms with Crippen molar-refractivity contribution in [3.63, 3.8) is 0 Å². The lowest BCUT2D eigenvalue weighted by molar-refractivity contribution is -0.140. The topological polar surface area (TPSA) is 84.2 Å². The summed E-state index contributed by atoms with van der Waals surface area (Å²) in [5.74, 6) is 0.136. The Balaban J connectivity index is 1.99. The summed E-state index contributed by atoms with van der Waals surface area (Å²) in [7, 11) is 1.68. The molecule has 0 bridgehead atoms. The van der Waals surface area contributed by atoms with Gasteiger partial charge in [0.2, 0.25) is 17.6 Å². The van der Waals surface area contributed by atoms with Crippen LogP contribution < -0.4 is 0 Å². The summed E-state index contributed by atoms with van der Waals surface area (Å²) in [5.41, 5.74) is 1.51. The maximum absolute atomic E-state index is 12.1. The SMILES string of the molecule is CC(=O)N1CCN(C(=O)CCl)C[C@H]1c1cc(Cl)cc(-c2nnn(C)n2)c1. The monoisotopic (exact) mass is 396 g/mol. The molecule has 1 aromatic heterocycles. The summed E-state index contributed by atoms with van der Waals surface area (Å²) in [4.78, 5) is 28.9. The van der Waals surface area contributed by atoms with E-state index in [0.717, 1.165) is 5.56 Å². The smallest absolute Gasteiger partial charge is 0.237 e. The molecule has 2 heterocycles. The number of hydrogen-bond donors (Lipinski definition) is 0. The van der Waals surface area contributed by atoms with Crippen LogP contribution in [-0.2, 0) is 16.6 Å². The molecule has 0 radical (unpaired) electrons. The number of amides is 2. The lowest BCUT2D eigenvalue weighted by Gasteiger charge is -2.41. The van der Waals surface area contributed by atoms with E-state index in [2.05, 4.69) is 15.4 Å². The molecule has 1 fully saturated rings. The van der Waals surface area contributed by atoms with Gasteiger partial charge in [0.1, 0.15) is 5.88 Å². The van der Waals surface area contributed by atoms with Gasteiger partial charge in [0, 0.05) is 37.1 Å². The number of piperazine rings is 1. The van der Waals surface area contributed by atoms with Crippen LogP contribution in [0.25, 0.3) is 11.4 Å². The van der Waals surface area contributed by atoms with Crippen LogP contribution in [0.15, 0.2) is 18.2 Å². The van der Waals surface area contributed by atoms with E-state index in [1.807, 2.05) is 6.07 Å². The van der Waals surface area contributed by atoms with E-state index in [-0.39, 0.29) is 23.7 Å². The van der Waals surface area contributed by atoms with E-state index < -0.39 is 0 Å². The fourth-order valence-electron chi connectivity index (χ4n) is 3.09. The second kappa shape index (κ2) is 7.59. The standard InChI is InChI=1S/C16H18Cl2N6O2/c1-10(25)24-4-3-23(15(26)8-17)9-14(24)11-5-12(7-13(18)6-11)16-19-21-22(2)20-16/h5-7,14H,3-4,8-9H2,1-2H3/t14-/m0/s1. The summed E-state index contributed by atoms with van der Waals surface area (Å²) in [6.45, 7) is 2.77. The van der Waals surface area contributed by atoms with Crippen LogP contribution in [0.1, 0.15) is 18.5 Å². The van der Waals surface area contributed by atoms with Gasteiger partial charge in [-0.3, -0.25) is 9.59 Å². The molecule has 1 aliphatic heterocycles. The summed E-state index contributed by atoms with van der Waals surface area (Å²) in [6.07, 6.45) is 0. The van der Waals surface area contributed by atoms with Crippen molar-refractivity contribution in [1.29, 1.82) is 0 Å². The Morgan fingerprint density at radius 3 is 2.65 bits per heavy atom. The number of rotatable bonds is 3. The van der Waals surface area contributed by atoms with E-state index in [1.165, 1.54) is 11.7 Å². The first-order valence-electron chi connectivity index (χ1n) is 8.05. The van der Waals surface area contributed by atoms with Gasteiger partial charge in [-0.25, -0.2) is 0 Å². The molecule has 0 aliphatic carbocycles. The van der Waals surface area contributed by atoms with Gasteiger partial charge >= 0.3 is 0 Å². The molecule has 0 unspecified atom stereocenters. The third-order valence-corrected chi connectivity index (χ3v) is 4.77. The largest absolute Gasteiger partial charge is 0.337 e. The molecule has 1 aliphatic rings. The van der Waals surface area contributed by atoms with E-state index >= 15 is 0 Å². The number of aryl methyl sites for hydroxylation is 1. The molecular weight excluding hydrogens is 379 g/mol. The molecule has 3 rings (SSSR count). The molecule has 1 saturated heterocycles. The Labute approximate surface area is 160 Å². The quantitative estimate of drug-likeness (QED) is 0.733. The van der Waals surface area contributed by atoms with Gasteiger partial charge in [-0.2, -0.15) is 4.80 Å². The van der Waals surface area contributed by atoms with Crippen molar-refractivity contribution in [3.8, 4) is 11.4 Å². The number of halogens is 2. The summed E-state index contributed by atoms with van der Waals surface area (Å²) >= 11 is 12.0. The highest BCUT2D eigenvalue weighted by Crippen LogP contribution is 2.31. The number of hydrogen-bond acceptors (Lipinski definition) is 5. The highest BCUT2D eigenvalue weighted by atomic mass is 35.5. The lowest BCUT2D eigenvalue weighted by atomic mass is 9.99. The second-order valence-electron chi connectivity index (χ2n) is 6.08.